The highest BCUT2D eigenvalue weighted by atomic mass is 35.5. The minimum atomic E-state index is 0.309. The van der Waals surface area contributed by atoms with Crippen LogP contribution in [-0.4, -0.2) is 24.0 Å². The Balaban J connectivity index is 2.05. The van der Waals surface area contributed by atoms with E-state index >= 15 is 0 Å². The van der Waals surface area contributed by atoms with Gasteiger partial charge in [0.25, 0.3) is 0 Å². The van der Waals surface area contributed by atoms with Gasteiger partial charge in [-0.05, 0) is 30.0 Å². The monoisotopic (exact) mass is 238 g/mol. The molecule has 2 atom stereocenters. The van der Waals surface area contributed by atoms with Crippen LogP contribution in [0.1, 0.15) is 18.1 Å². The molecule has 1 saturated heterocycles. The average molecular weight is 239 g/mol. The second kappa shape index (κ2) is 4.74. The van der Waals surface area contributed by atoms with Crippen molar-refractivity contribution >= 4 is 11.6 Å². The highest BCUT2D eigenvalue weighted by Gasteiger charge is 2.26. The van der Waals surface area contributed by atoms with E-state index in [0.29, 0.717) is 12.0 Å². The second-order valence-corrected chi connectivity index (χ2v) is 5.34. The van der Waals surface area contributed by atoms with Crippen molar-refractivity contribution in [3.63, 3.8) is 0 Å². The van der Waals surface area contributed by atoms with Crippen LogP contribution in [0.2, 0.25) is 5.02 Å². The lowest BCUT2D eigenvalue weighted by Crippen LogP contribution is -2.28. The molecule has 2 rings (SSSR count). The van der Waals surface area contributed by atoms with Crippen LogP contribution in [0.15, 0.2) is 18.2 Å². The van der Waals surface area contributed by atoms with Crippen LogP contribution in [0.5, 0.6) is 0 Å². The second-order valence-electron chi connectivity index (χ2n) is 4.93. The zero-order valence-corrected chi connectivity index (χ0v) is 10.7. The third kappa shape index (κ3) is 2.57. The van der Waals surface area contributed by atoms with E-state index in [-0.39, 0.29) is 0 Å². The summed E-state index contributed by atoms with van der Waals surface area (Å²) in [5.41, 5.74) is 8.42. The van der Waals surface area contributed by atoms with E-state index in [2.05, 4.69) is 30.9 Å². The number of rotatable bonds is 2. The fraction of sp³-hybridized carbons (Fsp3) is 0.538. The topological polar surface area (TPSA) is 29.3 Å². The number of hydrogen-bond acceptors (Lipinski definition) is 2. The fourth-order valence-electron chi connectivity index (χ4n) is 2.25. The first-order valence-corrected chi connectivity index (χ1v) is 6.17. The van der Waals surface area contributed by atoms with Crippen LogP contribution in [0.25, 0.3) is 0 Å². The van der Waals surface area contributed by atoms with Gasteiger partial charge in [0.2, 0.25) is 0 Å². The zero-order valence-electron chi connectivity index (χ0n) is 9.91. The van der Waals surface area contributed by atoms with Gasteiger partial charge in [-0.3, -0.25) is 4.90 Å². The highest BCUT2D eigenvalue weighted by Crippen LogP contribution is 2.22. The Morgan fingerprint density at radius 3 is 2.75 bits per heavy atom. The maximum atomic E-state index is 6.22. The summed E-state index contributed by atoms with van der Waals surface area (Å²) in [7, 11) is 0. The molecule has 1 aliphatic heterocycles. The Hall–Kier alpha value is -0.570. The van der Waals surface area contributed by atoms with Gasteiger partial charge in [-0.2, -0.15) is 0 Å². The summed E-state index contributed by atoms with van der Waals surface area (Å²) in [6.07, 6.45) is 0. The molecule has 0 spiro atoms. The van der Waals surface area contributed by atoms with Crippen molar-refractivity contribution in [1.82, 2.24) is 4.90 Å². The van der Waals surface area contributed by atoms with E-state index < -0.39 is 0 Å². The molecule has 0 radical (unpaired) electrons. The molecule has 1 aromatic carbocycles. The SMILES string of the molecule is Cc1ccc(CN2CC(C)C(N)C2)c(Cl)c1. The Morgan fingerprint density at radius 2 is 2.19 bits per heavy atom. The molecule has 1 fully saturated rings. The van der Waals surface area contributed by atoms with E-state index in [1.165, 1.54) is 11.1 Å². The third-order valence-corrected chi connectivity index (χ3v) is 3.70. The van der Waals surface area contributed by atoms with E-state index in [9.17, 15) is 0 Å². The van der Waals surface area contributed by atoms with Gasteiger partial charge in [0, 0.05) is 30.7 Å². The van der Waals surface area contributed by atoms with Crippen LogP contribution < -0.4 is 5.73 Å². The minimum Gasteiger partial charge on any atom is -0.326 e. The number of benzene rings is 1. The first kappa shape index (κ1) is 11.9. The summed E-state index contributed by atoms with van der Waals surface area (Å²) >= 11 is 6.22. The summed E-state index contributed by atoms with van der Waals surface area (Å²) in [4.78, 5) is 2.38. The fourth-order valence-corrected chi connectivity index (χ4v) is 2.54. The third-order valence-electron chi connectivity index (χ3n) is 3.35. The smallest absolute Gasteiger partial charge is 0.0453 e. The van der Waals surface area contributed by atoms with Gasteiger partial charge in [-0.25, -0.2) is 0 Å². The van der Waals surface area contributed by atoms with Crippen LogP contribution in [0.3, 0.4) is 0 Å². The minimum absolute atomic E-state index is 0.309. The van der Waals surface area contributed by atoms with Gasteiger partial charge in [0.1, 0.15) is 0 Å². The van der Waals surface area contributed by atoms with Gasteiger partial charge in [0.15, 0.2) is 0 Å². The Morgan fingerprint density at radius 1 is 1.44 bits per heavy atom. The van der Waals surface area contributed by atoms with Gasteiger partial charge in [-0.1, -0.05) is 30.7 Å². The lowest BCUT2D eigenvalue weighted by Gasteiger charge is -2.16. The molecule has 2 unspecified atom stereocenters. The van der Waals surface area contributed by atoms with E-state index in [1.807, 2.05) is 6.07 Å². The van der Waals surface area contributed by atoms with Crippen molar-refractivity contribution in [2.45, 2.75) is 26.4 Å². The summed E-state index contributed by atoms with van der Waals surface area (Å²) in [6.45, 7) is 7.23. The number of hydrogen-bond donors (Lipinski definition) is 1. The summed E-state index contributed by atoms with van der Waals surface area (Å²) in [5.74, 6) is 0.587. The maximum absolute atomic E-state index is 6.22. The summed E-state index contributed by atoms with van der Waals surface area (Å²) in [6, 6.07) is 6.56. The molecule has 2 N–H and O–H groups in total. The number of halogens is 1. The molecule has 0 bridgehead atoms. The number of likely N-dealkylation sites (tertiary alicyclic amines) is 1. The van der Waals surface area contributed by atoms with Crippen LogP contribution in [-0.2, 0) is 6.54 Å². The molecule has 0 amide bonds. The zero-order chi connectivity index (χ0) is 11.7. The number of aryl methyl sites for hydroxylation is 1. The molecule has 0 aliphatic carbocycles. The largest absolute Gasteiger partial charge is 0.326 e. The lowest BCUT2D eigenvalue weighted by atomic mass is 10.1. The molecule has 0 saturated carbocycles. The predicted molar refractivity (Wildman–Crippen MR) is 68.6 cm³/mol. The van der Waals surface area contributed by atoms with Crippen molar-refractivity contribution in [2.75, 3.05) is 13.1 Å². The quantitative estimate of drug-likeness (QED) is 0.858. The summed E-state index contributed by atoms with van der Waals surface area (Å²) < 4.78 is 0. The number of nitrogens with zero attached hydrogens (tertiary/aromatic N) is 1. The molecule has 2 nitrogen and oxygen atoms in total. The summed E-state index contributed by atoms with van der Waals surface area (Å²) in [5, 5.41) is 0.869. The van der Waals surface area contributed by atoms with E-state index in [4.69, 9.17) is 17.3 Å². The molecule has 1 aliphatic rings. The van der Waals surface area contributed by atoms with E-state index in [0.717, 1.165) is 24.7 Å². The standard InChI is InChI=1S/C13H19ClN2/c1-9-3-4-11(12(14)5-9)7-16-6-10(2)13(15)8-16/h3-5,10,13H,6-8,15H2,1-2H3. The van der Waals surface area contributed by atoms with E-state index in [1.54, 1.807) is 0 Å². The van der Waals surface area contributed by atoms with Gasteiger partial charge >= 0.3 is 0 Å². The molecule has 0 aromatic heterocycles. The number of nitrogens with two attached hydrogens (primary N) is 1. The average Bonchev–Trinajstić information content (AvgIpc) is 2.51. The molecule has 1 heterocycles. The normalized spacial score (nSPS) is 26.2. The van der Waals surface area contributed by atoms with Crippen molar-refractivity contribution < 1.29 is 0 Å². The van der Waals surface area contributed by atoms with Crippen molar-refractivity contribution in [3.8, 4) is 0 Å². The Bertz CT molecular complexity index is 368. The molecule has 88 valence electrons. The molecular formula is C13H19ClN2. The van der Waals surface area contributed by atoms with Gasteiger partial charge < -0.3 is 5.73 Å². The van der Waals surface area contributed by atoms with Crippen molar-refractivity contribution in [2.24, 2.45) is 11.7 Å². The van der Waals surface area contributed by atoms with Gasteiger partial charge in [0.05, 0.1) is 0 Å². The maximum Gasteiger partial charge on any atom is 0.0453 e. The van der Waals surface area contributed by atoms with Crippen LogP contribution >= 0.6 is 11.6 Å². The Kier molecular flexibility index (Phi) is 3.53. The molecular weight excluding hydrogens is 220 g/mol. The van der Waals surface area contributed by atoms with Crippen molar-refractivity contribution in [1.29, 1.82) is 0 Å². The van der Waals surface area contributed by atoms with Crippen LogP contribution in [0.4, 0.5) is 0 Å². The van der Waals surface area contributed by atoms with Gasteiger partial charge in [-0.15, -0.1) is 0 Å². The molecule has 3 heteroatoms. The first-order chi connectivity index (χ1) is 7.56. The molecule has 1 aromatic rings. The molecule has 16 heavy (non-hydrogen) atoms. The highest BCUT2D eigenvalue weighted by molar-refractivity contribution is 6.31. The van der Waals surface area contributed by atoms with Crippen molar-refractivity contribution in [3.05, 3.63) is 34.3 Å². The lowest BCUT2D eigenvalue weighted by molar-refractivity contribution is 0.319. The Labute approximate surface area is 102 Å². The predicted octanol–water partition coefficient (Wildman–Crippen LogP) is 2.43. The first-order valence-electron chi connectivity index (χ1n) is 5.79. The van der Waals surface area contributed by atoms with Crippen LogP contribution in [0, 0.1) is 12.8 Å².